The van der Waals surface area contributed by atoms with Gasteiger partial charge in [0.1, 0.15) is 5.82 Å². The normalized spacial score (nSPS) is 16.7. The average Bonchev–Trinajstić information content (AvgIpc) is 2.47. The highest BCUT2D eigenvalue weighted by Crippen LogP contribution is 2.18. The number of amides is 1. The van der Waals surface area contributed by atoms with Crippen LogP contribution in [0.2, 0.25) is 0 Å². The van der Waals surface area contributed by atoms with E-state index in [2.05, 4.69) is 27.3 Å². The van der Waals surface area contributed by atoms with Gasteiger partial charge in [0.15, 0.2) is 0 Å². The Morgan fingerprint density at radius 2 is 2.10 bits per heavy atom. The average molecular weight is 290 g/mol. The molecule has 0 unspecified atom stereocenters. The van der Waals surface area contributed by atoms with Gasteiger partial charge in [-0.05, 0) is 43.5 Å². The zero-order valence-corrected chi connectivity index (χ0v) is 13.3. The zero-order valence-electron chi connectivity index (χ0n) is 13.3. The maximum Gasteiger partial charge on any atom is 0.216 e. The molecular formula is C16H26N4O. The fourth-order valence-electron chi connectivity index (χ4n) is 2.67. The Morgan fingerprint density at radius 3 is 2.62 bits per heavy atom. The summed E-state index contributed by atoms with van der Waals surface area (Å²) in [7, 11) is 4.00. The summed E-state index contributed by atoms with van der Waals surface area (Å²) in [6, 6.07) is 4.23. The minimum absolute atomic E-state index is 0.0736. The molecule has 0 aromatic carbocycles. The van der Waals surface area contributed by atoms with Crippen molar-refractivity contribution in [2.45, 2.75) is 26.3 Å². The van der Waals surface area contributed by atoms with Crippen LogP contribution < -0.4 is 10.2 Å². The highest BCUT2D eigenvalue weighted by atomic mass is 16.1. The first-order valence-corrected chi connectivity index (χ1v) is 7.63. The number of nitrogens with zero attached hydrogens (tertiary/aromatic N) is 3. The lowest BCUT2D eigenvalue weighted by Crippen LogP contribution is -2.37. The van der Waals surface area contributed by atoms with Gasteiger partial charge in [-0.1, -0.05) is 6.07 Å². The first-order valence-electron chi connectivity index (χ1n) is 7.63. The summed E-state index contributed by atoms with van der Waals surface area (Å²) < 4.78 is 0. The first-order chi connectivity index (χ1) is 10.0. The Hall–Kier alpha value is -1.62. The summed E-state index contributed by atoms with van der Waals surface area (Å²) in [5, 5.41) is 2.92. The van der Waals surface area contributed by atoms with Crippen LogP contribution in [0.4, 0.5) is 5.82 Å². The van der Waals surface area contributed by atoms with Crippen molar-refractivity contribution in [3.05, 3.63) is 23.9 Å². The Balaban J connectivity index is 1.76. The van der Waals surface area contributed by atoms with Gasteiger partial charge in [-0.15, -0.1) is 0 Å². The lowest BCUT2D eigenvalue weighted by Gasteiger charge is -2.32. The van der Waals surface area contributed by atoms with Crippen LogP contribution in [0, 0.1) is 5.92 Å². The molecule has 1 N–H and O–H groups in total. The molecule has 0 atom stereocenters. The second-order valence-electron chi connectivity index (χ2n) is 6.08. The van der Waals surface area contributed by atoms with E-state index in [1.54, 1.807) is 6.92 Å². The Kier molecular flexibility index (Phi) is 5.56. The predicted octanol–water partition coefficient (Wildman–Crippen LogP) is 1.50. The van der Waals surface area contributed by atoms with Crippen LogP contribution in [0.25, 0.3) is 0 Å². The molecule has 21 heavy (non-hydrogen) atoms. The van der Waals surface area contributed by atoms with Gasteiger partial charge in [0.25, 0.3) is 0 Å². The van der Waals surface area contributed by atoms with Gasteiger partial charge in [0.05, 0.1) is 0 Å². The fourth-order valence-corrected chi connectivity index (χ4v) is 2.67. The monoisotopic (exact) mass is 290 g/mol. The first kappa shape index (κ1) is 15.8. The van der Waals surface area contributed by atoms with Crippen LogP contribution in [-0.4, -0.2) is 49.5 Å². The number of pyridine rings is 1. The van der Waals surface area contributed by atoms with Crippen molar-refractivity contribution in [3.63, 3.8) is 0 Å². The summed E-state index contributed by atoms with van der Waals surface area (Å²) >= 11 is 0. The molecule has 0 saturated carbocycles. The van der Waals surface area contributed by atoms with Gasteiger partial charge in [0.2, 0.25) is 5.91 Å². The smallest absolute Gasteiger partial charge is 0.216 e. The maximum absolute atomic E-state index is 10.9. The van der Waals surface area contributed by atoms with Crippen molar-refractivity contribution >= 4 is 11.7 Å². The molecule has 1 aliphatic heterocycles. The van der Waals surface area contributed by atoms with Crippen molar-refractivity contribution in [1.29, 1.82) is 0 Å². The number of rotatable bonds is 5. The maximum atomic E-state index is 10.9. The van der Waals surface area contributed by atoms with Gasteiger partial charge >= 0.3 is 0 Å². The van der Waals surface area contributed by atoms with Crippen LogP contribution in [0.3, 0.4) is 0 Å². The van der Waals surface area contributed by atoms with E-state index in [0.29, 0.717) is 5.92 Å². The number of anilines is 1. The lowest BCUT2D eigenvalue weighted by atomic mass is 9.96. The number of carbonyl (C=O) groups is 1. The van der Waals surface area contributed by atoms with E-state index in [1.807, 2.05) is 25.2 Å². The van der Waals surface area contributed by atoms with Crippen molar-refractivity contribution in [3.8, 4) is 0 Å². The van der Waals surface area contributed by atoms with Gasteiger partial charge in [-0.25, -0.2) is 4.98 Å². The minimum atomic E-state index is 0.0736. The quantitative estimate of drug-likeness (QED) is 0.893. The van der Waals surface area contributed by atoms with Crippen molar-refractivity contribution in [1.82, 2.24) is 15.2 Å². The largest absolute Gasteiger partial charge is 0.363 e. The van der Waals surface area contributed by atoms with Crippen molar-refractivity contribution in [2.75, 3.05) is 38.6 Å². The molecule has 1 aliphatic rings. The molecule has 0 bridgehead atoms. The molecule has 1 fully saturated rings. The minimum Gasteiger partial charge on any atom is -0.363 e. The third-order valence-corrected chi connectivity index (χ3v) is 4.02. The molecule has 1 aromatic heterocycles. The third-order valence-electron chi connectivity index (χ3n) is 4.02. The van der Waals surface area contributed by atoms with Gasteiger partial charge in [-0.2, -0.15) is 0 Å². The Morgan fingerprint density at radius 1 is 1.38 bits per heavy atom. The lowest BCUT2D eigenvalue weighted by molar-refractivity contribution is -0.119. The molecule has 1 aromatic rings. The number of carbonyl (C=O) groups excluding carboxylic acids is 1. The fraction of sp³-hybridized carbons (Fsp3) is 0.625. The number of nitrogens with one attached hydrogen (secondary N) is 1. The summed E-state index contributed by atoms with van der Waals surface area (Å²) in [5.41, 5.74) is 1.26. The van der Waals surface area contributed by atoms with Crippen LogP contribution in [0.1, 0.15) is 25.3 Å². The number of aromatic nitrogens is 1. The molecule has 0 radical (unpaired) electrons. The number of hydrogen-bond donors (Lipinski definition) is 1. The van der Waals surface area contributed by atoms with Crippen molar-refractivity contribution in [2.24, 2.45) is 5.92 Å². The van der Waals surface area contributed by atoms with Gasteiger partial charge < -0.3 is 10.2 Å². The molecule has 0 spiro atoms. The van der Waals surface area contributed by atoms with Crippen LogP contribution in [-0.2, 0) is 11.3 Å². The van der Waals surface area contributed by atoms with E-state index in [1.165, 1.54) is 5.56 Å². The Labute approximate surface area is 127 Å². The van der Waals surface area contributed by atoms with E-state index in [4.69, 9.17) is 0 Å². The Bertz CT molecular complexity index is 450. The third kappa shape index (κ3) is 5.01. The highest BCUT2D eigenvalue weighted by Gasteiger charge is 2.19. The molecule has 116 valence electrons. The molecular weight excluding hydrogens is 264 g/mol. The van der Waals surface area contributed by atoms with Crippen LogP contribution in [0.5, 0.6) is 0 Å². The van der Waals surface area contributed by atoms with Crippen LogP contribution >= 0.6 is 0 Å². The topological polar surface area (TPSA) is 48.5 Å². The highest BCUT2D eigenvalue weighted by molar-refractivity contribution is 5.72. The van der Waals surface area contributed by atoms with E-state index < -0.39 is 0 Å². The zero-order chi connectivity index (χ0) is 15.2. The number of piperidine rings is 1. The summed E-state index contributed by atoms with van der Waals surface area (Å²) in [6.07, 6.45) is 4.28. The number of hydrogen-bond acceptors (Lipinski definition) is 4. The van der Waals surface area contributed by atoms with Crippen molar-refractivity contribution < 1.29 is 4.79 Å². The standard InChI is InChI=1S/C16H26N4O/c1-13(21)17-10-14-6-8-20(9-7-14)12-15-4-5-16(18-11-15)19(2)3/h4-5,11,14H,6-10,12H2,1-3H3,(H,17,21). The van der Waals surface area contributed by atoms with Crippen LogP contribution in [0.15, 0.2) is 18.3 Å². The SMILES string of the molecule is CC(=O)NCC1CCN(Cc2ccc(N(C)C)nc2)CC1. The van der Waals surface area contributed by atoms with E-state index in [-0.39, 0.29) is 5.91 Å². The summed E-state index contributed by atoms with van der Waals surface area (Å²) in [5.74, 6) is 1.69. The molecule has 1 saturated heterocycles. The molecule has 2 heterocycles. The number of likely N-dealkylation sites (tertiary alicyclic amines) is 1. The predicted molar refractivity (Wildman–Crippen MR) is 85.2 cm³/mol. The summed E-state index contributed by atoms with van der Waals surface area (Å²) in [6.45, 7) is 5.56. The molecule has 1 amide bonds. The van der Waals surface area contributed by atoms with E-state index in [9.17, 15) is 4.79 Å². The van der Waals surface area contributed by atoms with Gasteiger partial charge in [-0.3, -0.25) is 9.69 Å². The summed E-state index contributed by atoms with van der Waals surface area (Å²) in [4.78, 5) is 19.9. The van der Waals surface area contributed by atoms with E-state index >= 15 is 0 Å². The molecule has 2 rings (SSSR count). The second-order valence-corrected chi connectivity index (χ2v) is 6.08. The van der Waals surface area contributed by atoms with E-state index in [0.717, 1.165) is 44.8 Å². The second kappa shape index (κ2) is 7.41. The molecule has 0 aliphatic carbocycles. The van der Waals surface area contributed by atoms with Gasteiger partial charge in [0, 0.05) is 40.3 Å². The molecule has 5 heteroatoms. The molecule has 5 nitrogen and oxygen atoms in total.